The maximum Gasteiger partial charge on any atom is 0.151 e. The predicted octanol–water partition coefficient (Wildman–Crippen LogP) is 2.78. The summed E-state index contributed by atoms with van der Waals surface area (Å²) in [5.41, 5.74) is 3.99. The van der Waals surface area contributed by atoms with Crippen molar-refractivity contribution in [2.75, 3.05) is 44.3 Å². The van der Waals surface area contributed by atoms with Crippen LogP contribution in [0, 0.1) is 12.7 Å². The maximum absolute atomic E-state index is 14.8. The van der Waals surface area contributed by atoms with Gasteiger partial charge in [0.1, 0.15) is 12.0 Å². The summed E-state index contributed by atoms with van der Waals surface area (Å²) >= 11 is 0. The normalized spacial score (nSPS) is 21.5. The monoisotopic (exact) mass is 478 g/mol. The van der Waals surface area contributed by atoms with Crippen LogP contribution in [0.5, 0.6) is 0 Å². The summed E-state index contributed by atoms with van der Waals surface area (Å²) in [4.78, 5) is 9.58. The van der Waals surface area contributed by atoms with Gasteiger partial charge in [0, 0.05) is 62.2 Å². The average Bonchev–Trinajstić information content (AvgIpc) is 3.52. The fourth-order valence-corrected chi connectivity index (χ4v) is 5.61. The van der Waals surface area contributed by atoms with Crippen molar-refractivity contribution in [3.8, 4) is 16.9 Å². The zero-order valence-corrected chi connectivity index (χ0v) is 20.0. The minimum atomic E-state index is -0.833. The molecule has 8 nitrogen and oxygen atoms in total. The molecule has 35 heavy (non-hydrogen) atoms. The largest absolute Gasteiger partial charge is 0.379 e. The molecule has 1 aromatic carbocycles. The Morgan fingerprint density at radius 1 is 1.11 bits per heavy atom. The van der Waals surface area contributed by atoms with Gasteiger partial charge in [-0.3, -0.25) is 15.2 Å². The number of hydrogen-bond donors (Lipinski definition) is 2. The maximum atomic E-state index is 14.8. The van der Waals surface area contributed by atoms with Gasteiger partial charge >= 0.3 is 0 Å². The van der Waals surface area contributed by atoms with Crippen LogP contribution < -0.4 is 10.2 Å². The van der Waals surface area contributed by atoms with Gasteiger partial charge in [-0.05, 0) is 37.5 Å². The Kier molecular flexibility index (Phi) is 6.01. The number of morpholine rings is 1. The lowest BCUT2D eigenvalue weighted by Gasteiger charge is -2.40. The first-order valence-electron chi connectivity index (χ1n) is 12.4. The topological polar surface area (TPSA) is 78.7 Å². The van der Waals surface area contributed by atoms with Crippen LogP contribution in [0.3, 0.4) is 0 Å². The third-order valence-corrected chi connectivity index (χ3v) is 7.50. The van der Waals surface area contributed by atoms with Crippen LogP contribution in [0.1, 0.15) is 35.9 Å². The molecule has 0 radical (unpaired) electrons. The third-order valence-electron chi connectivity index (χ3n) is 7.50. The number of aromatic nitrogens is 3. The molecular weight excluding hydrogens is 447 g/mol. The highest BCUT2D eigenvalue weighted by atomic mass is 19.1. The van der Waals surface area contributed by atoms with E-state index in [1.54, 1.807) is 10.7 Å². The molecule has 0 saturated carbocycles. The van der Waals surface area contributed by atoms with Crippen LogP contribution >= 0.6 is 0 Å². The smallest absolute Gasteiger partial charge is 0.151 e. The fraction of sp³-hybridized carbons (Fsp3) is 0.462. The first-order valence-corrected chi connectivity index (χ1v) is 12.4. The molecule has 3 aliphatic rings. The van der Waals surface area contributed by atoms with Crippen molar-refractivity contribution in [3.05, 3.63) is 59.2 Å². The van der Waals surface area contributed by atoms with Crippen molar-refractivity contribution in [2.24, 2.45) is 0 Å². The summed E-state index contributed by atoms with van der Waals surface area (Å²) in [6.45, 7) is 7.92. The van der Waals surface area contributed by atoms with E-state index in [9.17, 15) is 9.50 Å². The standard InChI is InChI=1S/C26H31FN6O2/c1-17-3-2-4-19(27)24(17)20-15-22(25-21(29-20)16-28-26(25)34)33-10-7-23(30-33)32-8-5-18(6-9-32)31-11-13-35-14-12-31/h2-4,7,10,15,18,26,28,34H,5-6,8-9,11-14,16H2,1H3. The summed E-state index contributed by atoms with van der Waals surface area (Å²) in [6.07, 6.45) is 3.30. The molecule has 6 rings (SSSR count). The molecule has 3 aromatic rings. The number of nitrogens with zero attached hydrogens (tertiary/aromatic N) is 5. The zero-order chi connectivity index (χ0) is 23.9. The van der Waals surface area contributed by atoms with Gasteiger partial charge in [0.15, 0.2) is 5.82 Å². The number of aliphatic hydroxyl groups excluding tert-OH is 1. The molecule has 5 heterocycles. The molecule has 2 N–H and O–H groups in total. The molecule has 0 spiro atoms. The first kappa shape index (κ1) is 22.6. The Balaban J connectivity index is 1.28. The van der Waals surface area contributed by atoms with Crippen LogP contribution in [0.2, 0.25) is 0 Å². The molecule has 1 atom stereocenters. The van der Waals surface area contributed by atoms with E-state index in [2.05, 4.69) is 15.1 Å². The van der Waals surface area contributed by atoms with E-state index >= 15 is 0 Å². The van der Waals surface area contributed by atoms with E-state index in [4.69, 9.17) is 14.8 Å². The minimum absolute atomic E-state index is 0.306. The van der Waals surface area contributed by atoms with Crippen molar-refractivity contribution in [1.82, 2.24) is 25.0 Å². The number of fused-ring (bicyclic) bond motifs is 1. The second-order valence-corrected chi connectivity index (χ2v) is 9.59. The zero-order valence-electron chi connectivity index (χ0n) is 20.0. The summed E-state index contributed by atoms with van der Waals surface area (Å²) in [6, 6.07) is 9.50. The quantitative estimate of drug-likeness (QED) is 0.597. The number of rotatable bonds is 4. The molecule has 0 bridgehead atoms. The lowest BCUT2D eigenvalue weighted by atomic mass is 10.0. The third kappa shape index (κ3) is 4.23. The summed E-state index contributed by atoms with van der Waals surface area (Å²) < 4.78 is 22.1. The number of pyridine rings is 1. The van der Waals surface area contributed by atoms with Gasteiger partial charge in [-0.25, -0.2) is 9.07 Å². The predicted molar refractivity (Wildman–Crippen MR) is 131 cm³/mol. The van der Waals surface area contributed by atoms with Crippen LogP contribution in [-0.4, -0.2) is 70.2 Å². The summed E-state index contributed by atoms with van der Waals surface area (Å²) in [5.74, 6) is 0.610. The number of halogens is 1. The molecule has 0 aliphatic carbocycles. The lowest BCUT2D eigenvalue weighted by Crippen LogP contribution is -2.49. The molecule has 9 heteroatoms. The van der Waals surface area contributed by atoms with Gasteiger partial charge < -0.3 is 14.7 Å². The summed E-state index contributed by atoms with van der Waals surface area (Å²) in [5, 5.41) is 18.5. The van der Waals surface area contributed by atoms with Crippen molar-refractivity contribution in [1.29, 1.82) is 0 Å². The second kappa shape index (κ2) is 9.31. The van der Waals surface area contributed by atoms with E-state index in [-0.39, 0.29) is 5.82 Å². The number of benzene rings is 1. The molecule has 0 amide bonds. The van der Waals surface area contributed by atoms with E-state index in [0.717, 1.165) is 75.0 Å². The Bertz CT molecular complexity index is 1200. The Morgan fingerprint density at radius 3 is 2.69 bits per heavy atom. The molecule has 2 saturated heterocycles. The van der Waals surface area contributed by atoms with Crippen molar-refractivity contribution >= 4 is 5.82 Å². The van der Waals surface area contributed by atoms with Gasteiger partial charge in [-0.1, -0.05) is 12.1 Å². The summed E-state index contributed by atoms with van der Waals surface area (Å²) in [7, 11) is 0. The Labute approximate surface area is 204 Å². The molecular formula is C26H31FN6O2. The van der Waals surface area contributed by atoms with Crippen molar-refractivity contribution in [2.45, 2.75) is 38.6 Å². The number of aryl methyl sites for hydroxylation is 1. The van der Waals surface area contributed by atoms with Gasteiger partial charge in [-0.2, -0.15) is 5.10 Å². The van der Waals surface area contributed by atoms with Crippen LogP contribution in [-0.2, 0) is 11.3 Å². The van der Waals surface area contributed by atoms with Gasteiger partial charge in [0.05, 0.1) is 30.3 Å². The molecule has 184 valence electrons. The number of piperidine rings is 1. The van der Waals surface area contributed by atoms with Crippen LogP contribution in [0.4, 0.5) is 10.2 Å². The fourth-order valence-electron chi connectivity index (χ4n) is 5.61. The van der Waals surface area contributed by atoms with Crippen molar-refractivity contribution in [3.63, 3.8) is 0 Å². The van der Waals surface area contributed by atoms with E-state index in [1.807, 2.05) is 31.3 Å². The van der Waals surface area contributed by atoms with E-state index in [1.165, 1.54) is 6.07 Å². The van der Waals surface area contributed by atoms with Gasteiger partial charge in [-0.15, -0.1) is 0 Å². The highest BCUT2D eigenvalue weighted by Gasteiger charge is 2.29. The first-order chi connectivity index (χ1) is 17.1. The van der Waals surface area contributed by atoms with Crippen molar-refractivity contribution < 1.29 is 14.2 Å². The molecule has 3 aliphatic heterocycles. The highest BCUT2D eigenvalue weighted by Crippen LogP contribution is 2.34. The second-order valence-electron chi connectivity index (χ2n) is 9.59. The molecule has 2 aromatic heterocycles. The molecule has 1 unspecified atom stereocenters. The van der Waals surface area contributed by atoms with Gasteiger partial charge in [0.25, 0.3) is 0 Å². The Morgan fingerprint density at radius 2 is 1.91 bits per heavy atom. The number of anilines is 1. The number of nitrogens with one attached hydrogen (secondary N) is 1. The van der Waals surface area contributed by atoms with E-state index in [0.29, 0.717) is 29.4 Å². The van der Waals surface area contributed by atoms with Gasteiger partial charge in [0.2, 0.25) is 0 Å². The number of aliphatic hydroxyl groups is 1. The number of ether oxygens (including phenoxy) is 1. The molecule has 2 fully saturated rings. The van der Waals surface area contributed by atoms with Crippen LogP contribution in [0.15, 0.2) is 36.5 Å². The lowest BCUT2D eigenvalue weighted by molar-refractivity contribution is 0.0115. The number of hydrogen-bond acceptors (Lipinski definition) is 7. The van der Waals surface area contributed by atoms with E-state index < -0.39 is 6.23 Å². The minimum Gasteiger partial charge on any atom is -0.379 e. The van der Waals surface area contributed by atoms with Crippen LogP contribution in [0.25, 0.3) is 16.9 Å². The average molecular weight is 479 g/mol. The SMILES string of the molecule is Cc1cccc(F)c1-c1cc(-n2ccc(N3CCC(N4CCOCC4)CC3)n2)c2c(n1)CNC2O. The Hall–Kier alpha value is -2.85. The highest BCUT2D eigenvalue weighted by molar-refractivity contribution is 5.68.